The van der Waals surface area contributed by atoms with Crippen LogP contribution in [0.2, 0.25) is 0 Å². The number of ether oxygens (including phenoxy) is 1. The van der Waals surface area contributed by atoms with Gasteiger partial charge in [-0.15, -0.1) is 0 Å². The topological polar surface area (TPSA) is 54.5 Å². The summed E-state index contributed by atoms with van der Waals surface area (Å²) in [5.41, 5.74) is 0.742. The van der Waals surface area contributed by atoms with Crippen molar-refractivity contribution in [1.82, 2.24) is 4.98 Å². The van der Waals surface area contributed by atoms with E-state index in [1.165, 1.54) is 19.3 Å². The van der Waals surface area contributed by atoms with E-state index >= 15 is 0 Å². The second kappa shape index (κ2) is 6.22. The molecule has 2 aliphatic rings. The fourth-order valence-corrected chi connectivity index (χ4v) is 2.78. The van der Waals surface area contributed by atoms with Gasteiger partial charge >= 0.3 is 0 Å². The maximum absolute atomic E-state index is 11.9. The molecule has 108 valence electrons. The molecule has 2 aliphatic heterocycles. The van der Waals surface area contributed by atoms with Crippen LogP contribution in [-0.4, -0.2) is 36.7 Å². The summed E-state index contributed by atoms with van der Waals surface area (Å²) in [4.78, 5) is 18.7. The molecule has 20 heavy (non-hydrogen) atoms. The van der Waals surface area contributed by atoms with Crippen molar-refractivity contribution in [2.24, 2.45) is 0 Å². The van der Waals surface area contributed by atoms with Crippen LogP contribution >= 0.6 is 0 Å². The predicted molar refractivity (Wildman–Crippen MR) is 77.9 cm³/mol. The number of carbonyl (C=O) groups excluding carboxylic acids is 1. The predicted octanol–water partition coefficient (Wildman–Crippen LogP) is 2.19. The van der Waals surface area contributed by atoms with E-state index in [-0.39, 0.29) is 12.0 Å². The van der Waals surface area contributed by atoms with Crippen LogP contribution in [-0.2, 0) is 9.53 Å². The van der Waals surface area contributed by atoms with Crippen molar-refractivity contribution in [3.05, 3.63) is 18.3 Å². The first-order valence-corrected chi connectivity index (χ1v) is 7.46. The lowest BCUT2D eigenvalue weighted by Crippen LogP contribution is -2.30. The molecule has 5 nitrogen and oxygen atoms in total. The number of rotatable bonds is 3. The van der Waals surface area contributed by atoms with Crippen LogP contribution in [0, 0.1) is 0 Å². The Morgan fingerprint density at radius 3 is 2.75 bits per heavy atom. The number of hydrogen-bond acceptors (Lipinski definition) is 4. The molecule has 3 rings (SSSR count). The van der Waals surface area contributed by atoms with E-state index in [0.717, 1.165) is 37.4 Å². The zero-order valence-electron chi connectivity index (χ0n) is 11.7. The average molecular weight is 275 g/mol. The molecule has 0 bridgehead atoms. The summed E-state index contributed by atoms with van der Waals surface area (Å²) in [7, 11) is 0. The van der Waals surface area contributed by atoms with E-state index in [1.54, 1.807) is 6.20 Å². The largest absolute Gasteiger partial charge is 0.368 e. The Morgan fingerprint density at radius 1 is 1.25 bits per heavy atom. The fraction of sp³-hybridized carbons (Fsp3) is 0.600. The van der Waals surface area contributed by atoms with Crippen LogP contribution in [0.25, 0.3) is 0 Å². The van der Waals surface area contributed by atoms with Crippen molar-refractivity contribution in [1.29, 1.82) is 0 Å². The maximum atomic E-state index is 11.9. The highest BCUT2D eigenvalue weighted by atomic mass is 16.5. The Bertz CT molecular complexity index is 449. The van der Waals surface area contributed by atoms with Gasteiger partial charge in [-0.05, 0) is 44.2 Å². The first kappa shape index (κ1) is 13.4. The molecule has 0 aliphatic carbocycles. The van der Waals surface area contributed by atoms with Gasteiger partial charge in [-0.2, -0.15) is 0 Å². The van der Waals surface area contributed by atoms with Crippen LogP contribution in [0.3, 0.4) is 0 Å². The Morgan fingerprint density at radius 2 is 2.10 bits per heavy atom. The number of piperidine rings is 1. The number of hydrogen-bond donors (Lipinski definition) is 1. The normalized spacial score (nSPS) is 22.8. The third kappa shape index (κ3) is 3.10. The number of nitrogens with zero attached hydrogens (tertiary/aromatic N) is 2. The molecule has 1 atom stereocenters. The van der Waals surface area contributed by atoms with E-state index in [2.05, 4.69) is 15.2 Å². The summed E-state index contributed by atoms with van der Waals surface area (Å²) in [6.07, 6.45) is 6.99. The first-order chi connectivity index (χ1) is 9.83. The van der Waals surface area contributed by atoms with Gasteiger partial charge in [0.2, 0.25) is 0 Å². The lowest BCUT2D eigenvalue weighted by atomic mass is 10.1. The summed E-state index contributed by atoms with van der Waals surface area (Å²) in [6, 6.07) is 3.90. The Hall–Kier alpha value is -1.62. The maximum Gasteiger partial charge on any atom is 0.253 e. The zero-order valence-corrected chi connectivity index (χ0v) is 11.7. The monoisotopic (exact) mass is 275 g/mol. The Labute approximate surface area is 119 Å². The zero-order chi connectivity index (χ0) is 13.8. The highest BCUT2D eigenvalue weighted by Gasteiger charge is 2.23. The van der Waals surface area contributed by atoms with Gasteiger partial charge in [0.25, 0.3) is 5.91 Å². The molecule has 2 fully saturated rings. The van der Waals surface area contributed by atoms with Crippen LogP contribution in [0.4, 0.5) is 11.5 Å². The van der Waals surface area contributed by atoms with E-state index in [9.17, 15) is 4.79 Å². The number of pyridine rings is 1. The summed E-state index contributed by atoms with van der Waals surface area (Å²) >= 11 is 0. The molecule has 0 saturated carbocycles. The van der Waals surface area contributed by atoms with Crippen LogP contribution in [0.1, 0.15) is 32.1 Å². The van der Waals surface area contributed by atoms with E-state index in [4.69, 9.17) is 4.74 Å². The molecule has 1 amide bonds. The lowest BCUT2D eigenvalue weighted by Gasteiger charge is -2.27. The van der Waals surface area contributed by atoms with E-state index in [1.807, 2.05) is 12.1 Å². The van der Waals surface area contributed by atoms with Crippen LogP contribution < -0.4 is 10.2 Å². The minimum Gasteiger partial charge on any atom is -0.368 e. The van der Waals surface area contributed by atoms with Gasteiger partial charge in [0.05, 0.1) is 11.9 Å². The summed E-state index contributed by atoms with van der Waals surface area (Å²) in [5.74, 6) is 0.940. The molecular weight excluding hydrogens is 254 g/mol. The van der Waals surface area contributed by atoms with Gasteiger partial charge in [0.1, 0.15) is 11.9 Å². The van der Waals surface area contributed by atoms with Crippen molar-refractivity contribution in [3.63, 3.8) is 0 Å². The molecule has 2 saturated heterocycles. The lowest BCUT2D eigenvalue weighted by molar-refractivity contribution is -0.124. The van der Waals surface area contributed by atoms with Gasteiger partial charge in [0, 0.05) is 19.7 Å². The van der Waals surface area contributed by atoms with E-state index < -0.39 is 0 Å². The molecule has 1 aromatic rings. The minimum atomic E-state index is -0.295. The minimum absolute atomic E-state index is 0.0602. The smallest absolute Gasteiger partial charge is 0.253 e. The van der Waals surface area contributed by atoms with Crippen molar-refractivity contribution in [2.75, 3.05) is 29.9 Å². The molecular formula is C15H21N3O2. The van der Waals surface area contributed by atoms with Crippen LogP contribution in [0.5, 0.6) is 0 Å². The van der Waals surface area contributed by atoms with Crippen molar-refractivity contribution >= 4 is 17.4 Å². The molecule has 0 unspecified atom stereocenters. The highest BCUT2D eigenvalue weighted by Crippen LogP contribution is 2.20. The van der Waals surface area contributed by atoms with Crippen molar-refractivity contribution in [2.45, 2.75) is 38.2 Å². The summed E-state index contributed by atoms with van der Waals surface area (Å²) in [5, 5.41) is 2.87. The summed E-state index contributed by atoms with van der Waals surface area (Å²) in [6.45, 7) is 2.84. The standard InChI is InChI=1S/C15H21N3O2/c19-15(13-5-4-10-20-13)17-12-6-7-14(16-11-12)18-8-2-1-3-9-18/h6-7,11,13H,1-5,8-10H2,(H,17,19)/t13-/m0/s1. The Kier molecular flexibility index (Phi) is 4.16. The number of amides is 1. The Balaban J connectivity index is 1.59. The van der Waals surface area contributed by atoms with Gasteiger partial charge in [-0.1, -0.05) is 0 Å². The van der Waals surface area contributed by atoms with E-state index in [0.29, 0.717) is 6.61 Å². The second-order valence-electron chi connectivity index (χ2n) is 5.44. The van der Waals surface area contributed by atoms with Gasteiger partial charge in [-0.3, -0.25) is 4.79 Å². The van der Waals surface area contributed by atoms with Crippen molar-refractivity contribution < 1.29 is 9.53 Å². The number of anilines is 2. The molecule has 0 radical (unpaired) electrons. The summed E-state index contributed by atoms with van der Waals surface area (Å²) < 4.78 is 5.37. The third-order valence-electron chi connectivity index (χ3n) is 3.92. The SMILES string of the molecule is O=C(Nc1ccc(N2CCCCC2)nc1)[C@@H]1CCCO1. The number of carbonyl (C=O) groups is 1. The molecule has 3 heterocycles. The van der Waals surface area contributed by atoms with Gasteiger partial charge in [-0.25, -0.2) is 4.98 Å². The number of aromatic nitrogens is 1. The molecule has 5 heteroatoms. The molecule has 1 N–H and O–H groups in total. The fourth-order valence-electron chi connectivity index (χ4n) is 2.78. The highest BCUT2D eigenvalue weighted by molar-refractivity contribution is 5.94. The van der Waals surface area contributed by atoms with Crippen LogP contribution in [0.15, 0.2) is 18.3 Å². The van der Waals surface area contributed by atoms with Gasteiger partial charge < -0.3 is 15.0 Å². The average Bonchev–Trinajstić information content (AvgIpc) is 3.03. The van der Waals surface area contributed by atoms with Gasteiger partial charge in [0.15, 0.2) is 0 Å². The molecule has 1 aromatic heterocycles. The van der Waals surface area contributed by atoms with Crippen molar-refractivity contribution in [3.8, 4) is 0 Å². The molecule has 0 spiro atoms. The first-order valence-electron chi connectivity index (χ1n) is 7.46. The third-order valence-corrected chi connectivity index (χ3v) is 3.92. The molecule has 0 aromatic carbocycles. The second-order valence-corrected chi connectivity index (χ2v) is 5.44. The quantitative estimate of drug-likeness (QED) is 0.918. The number of nitrogens with one attached hydrogen (secondary N) is 1.